The molecule has 1 aromatic rings. The van der Waals surface area contributed by atoms with Gasteiger partial charge in [0.25, 0.3) is 0 Å². The highest BCUT2D eigenvalue weighted by atomic mass is 35.5. The fourth-order valence-corrected chi connectivity index (χ4v) is 3.66. The quantitative estimate of drug-likeness (QED) is 0.740. The van der Waals surface area contributed by atoms with Crippen molar-refractivity contribution >= 4 is 30.0 Å². The van der Waals surface area contributed by atoms with Crippen LogP contribution in [-0.4, -0.2) is 66.1 Å². The van der Waals surface area contributed by atoms with Crippen LogP contribution in [0.3, 0.4) is 0 Å². The maximum absolute atomic E-state index is 12.5. The summed E-state index contributed by atoms with van der Waals surface area (Å²) >= 11 is 0. The van der Waals surface area contributed by atoms with Crippen LogP contribution in [-0.2, 0) is 16.0 Å². The summed E-state index contributed by atoms with van der Waals surface area (Å²) < 4.78 is 0. The van der Waals surface area contributed by atoms with Gasteiger partial charge in [-0.2, -0.15) is 0 Å². The van der Waals surface area contributed by atoms with Crippen molar-refractivity contribution in [3.63, 3.8) is 0 Å². The average molecular weight is 398 g/mol. The Morgan fingerprint density at radius 1 is 1.30 bits per heavy atom. The highest BCUT2D eigenvalue weighted by Crippen LogP contribution is 2.21. The van der Waals surface area contributed by atoms with Crippen molar-refractivity contribution in [3.8, 4) is 0 Å². The second kappa shape index (κ2) is 11.3. The third-order valence-electron chi connectivity index (χ3n) is 5.17. The van der Waals surface area contributed by atoms with Crippen molar-refractivity contribution < 1.29 is 14.7 Å². The number of likely N-dealkylation sites (N-methyl/N-ethyl adjacent to an activating group) is 1. The molecule has 1 aliphatic heterocycles. The van der Waals surface area contributed by atoms with Gasteiger partial charge in [0.2, 0.25) is 5.91 Å². The summed E-state index contributed by atoms with van der Waals surface area (Å²) in [6.45, 7) is 6.25. The summed E-state index contributed by atoms with van der Waals surface area (Å²) in [5, 5.41) is 12.0. The third-order valence-corrected chi connectivity index (χ3v) is 5.17. The number of amides is 1. The van der Waals surface area contributed by atoms with E-state index in [9.17, 15) is 9.59 Å². The number of rotatable bonds is 7. The number of likely N-dealkylation sites (tertiary alicyclic amines) is 1. The number of hydrogen-bond donors (Lipinski definition) is 2. The Balaban J connectivity index is 0.00000364. The number of carbonyl (C=O) groups excluding carboxylic acids is 1. The minimum absolute atomic E-state index is 0. The third kappa shape index (κ3) is 7.13. The van der Waals surface area contributed by atoms with Gasteiger partial charge >= 0.3 is 5.97 Å². The van der Waals surface area contributed by atoms with E-state index in [2.05, 4.69) is 23.2 Å². The molecule has 27 heavy (non-hydrogen) atoms. The maximum Gasteiger partial charge on any atom is 0.317 e. The van der Waals surface area contributed by atoms with Crippen molar-refractivity contribution in [2.45, 2.75) is 45.6 Å². The van der Waals surface area contributed by atoms with Crippen LogP contribution in [0.4, 0.5) is 5.69 Å². The van der Waals surface area contributed by atoms with Gasteiger partial charge in [-0.1, -0.05) is 25.1 Å². The van der Waals surface area contributed by atoms with Gasteiger partial charge in [-0.05, 0) is 57.3 Å². The summed E-state index contributed by atoms with van der Waals surface area (Å²) in [7, 11) is 1.87. The monoisotopic (exact) mass is 397 g/mol. The summed E-state index contributed by atoms with van der Waals surface area (Å²) in [6, 6.07) is 6.36. The number of carboxylic acid groups (broad SMARTS) is 1. The largest absolute Gasteiger partial charge is 0.480 e. The lowest BCUT2D eigenvalue weighted by Crippen LogP contribution is -2.37. The molecule has 0 bridgehead atoms. The van der Waals surface area contributed by atoms with Gasteiger partial charge in [0, 0.05) is 18.3 Å². The van der Waals surface area contributed by atoms with E-state index in [1.54, 1.807) is 0 Å². The van der Waals surface area contributed by atoms with Gasteiger partial charge in [0.05, 0.1) is 13.1 Å². The van der Waals surface area contributed by atoms with Crippen LogP contribution in [0.25, 0.3) is 0 Å². The lowest BCUT2D eigenvalue weighted by atomic mass is 10.1. The molecule has 0 aliphatic carbocycles. The molecule has 1 atom stereocenters. The number of benzene rings is 1. The van der Waals surface area contributed by atoms with Gasteiger partial charge in [-0.3, -0.25) is 19.4 Å². The topological polar surface area (TPSA) is 72.9 Å². The molecule has 1 aromatic carbocycles. The van der Waals surface area contributed by atoms with Crippen LogP contribution in [0, 0.1) is 6.92 Å². The van der Waals surface area contributed by atoms with Crippen LogP contribution in [0.5, 0.6) is 0 Å². The molecular formula is C20H32ClN3O3. The Bertz CT molecular complexity index is 639. The van der Waals surface area contributed by atoms with Crippen LogP contribution < -0.4 is 5.32 Å². The Hall–Kier alpha value is -1.63. The molecule has 152 valence electrons. The SMILES string of the molecule is CCc1cccc(C)c1NC(=O)CN1CCCC(N(C)CC(=O)O)CC1.Cl. The predicted molar refractivity (Wildman–Crippen MR) is 111 cm³/mol. The number of para-hydroxylation sites is 1. The second-order valence-corrected chi connectivity index (χ2v) is 7.18. The highest BCUT2D eigenvalue weighted by Gasteiger charge is 2.23. The first kappa shape index (κ1) is 23.4. The van der Waals surface area contributed by atoms with Crippen molar-refractivity contribution in [3.05, 3.63) is 29.3 Å². The van der Waals surface area contributed by atoms with Gasteiger partial charge < -0.3 is 10.4 Å². The summed E-state index contributed by atoms with van der Waals surface area (Å²) in [5.41, 5.74) is 3.18. The van der Waals surface area contributed by atoms with Gasteiger partial charge in [0.15, 0.2) is 0 Å². The number of nitrogens with zero attached hydrogens (tertiary/aromatic N) is 2. The fraction of sp³-hybridized carbons (Fsp3) is 0.600. The summed E-state index contributed by atoms with van der Waals surface area (Å²) in [5.74, 6) is -0.774. The molecule has 1 fully saturated rings. The smallest absolute Gasteiger partial charge is 0.317 e. The molecule has 1 unspecified atom stereocenters. The van der Waals surface area contributed by atoms with Crippen molar-refractivity contribution in [2.24, 2.45) is 0 Å². The molecule has 1 aliphatic rings. The number of hydrogen-bond acceptors (Lipinski definition) is 4. The minimum atomic E-state index is -0.794. The molecule has 1 heterocycles. The second-order valence-electron chi connectivity index (χ2n) is 7.18. The average Bonchev–Trinajstić information content (AvgIpc) is 2.81. The number of aliphatic carboxylic acids is 1. The van der Waals surface area contributed by atoms with Crippen LogP contribution in [0.15, 0.2) is 18.2 Å². The van der Waals surface area contributed by atoms with Crippen molar-refractivity contribution in [1.29, 1.82) is 0 Å². The van der Waals surface area contributed by atoms with E-state index < -0.39 is 5.97 Å². The van der Waals surface area contributed by atoms with E-state index in [-0.39, 0.29) is 30.9 Å². The van der Waals surface area contributed by atoms with E-state index in [4.69, 9.17) is 5.11 Å². The first-order valence-corrected chi connectivity index (χ1v) is 9.43. The number of carboxylic acids is 1. The van der Waals surface area contributed by atoms with Crippen molar-refractivity contribution in [1.82, 2.24) is 9.80 Å². The minimum Gasteiger partial charge on any atom is -0.480 e. The Morgan fingerprint density at radius 3 is 2.70 bits per heavy atom. The molecule has 1 saturated heterocycles. The Kier molecular flexibility index (Phi) is 9.77. The molecule has 0 radical (unpaired) electrons. The van der Waals surface area contributed by atoms with E-state index in [0.29, 0.717) is 6.54 Å². The number of carbonyl (C=O) groups is 2. The molecular weight excluding hydrogens is 366 g/mol. The number of nitrogens with one attached hydrogen (secondary N) is 1. The standard InChI is InChI=1S/C20H31N3O3.ClH/c1-4-16-8-5-7-15(2)20(16)21-18(24)13-23-11-6-9-17(10-12-23)22(3)14-19(25)26;/h5,7-8,17H,4,6,9-14H2,1-3H3,(H,21,24)(H,25,26);1H. The zero-order chi connectivity index (χ0) is 19.1. The summed E-state index contributed by atoms with van der Waals surface area (Å²) in [4.78, 5) is 27.5. The lowest BCUT2D eigenvalue weighted by Gasteiger charge is -2.25. The van der Waals surface area contributed by atoms with Crippen LogP contribution >= 0.6 is 12.4 Å². The molecule has 1 amide bonds. The van der Waals surface area contributed by atoms with E-state index in [0.717, 1.165) is 55.6 Å². The first-order chi connectivity index (χ1) is 12.4. The predicted octanol–water partition coefficient (Wildman–Crippen LogP) is 2.79. The Labute approximate surface area is 168 Å². The molecule has 2 N–H and O–H groups in total. The zero-order valence-electron chi connectivity index (χ0n) is 16.5. The molecule has 7 heteroatoms. The molecule has 0 aromatic heterocycles. The van der Waals surface area contributed by atoms with E-state index >= 15 is 0 Å². The van der Waals surface area contributed by atoms with E-state index in [1.807, 2.05) is 31.0 Å². The highest BCUT2D eigenvalue weighted by molar-refractivity contribution is 5.93. The van der Waals surface area contributed by atoms with Crippen molar-refractivity contribution in [2.75, 3.05) is 38.5 Å². The fourth-order valence-electron chi connectivity index (χ4n) is 3.66. The molecule has 0 spiro atoms. The maximum atomic E-state index is 12.5. The van der Waals surface area contributed by atoms with Gasteiger partial charge in [-0.25, -0.2) is 0 Å². The van der Waals surface area contributed by atoms with Crippen LogP contribution in [0.2, 0.25) is 0 Å². The van der Waals surface area contributed by atoms with Gasteiger partial charge in [-0.15, -0.1) is 12.4 Å². The Morgan fingerprint density at radius 2 is 2.04 bits per heavy atom. The normalized spacial score (nSPS) is 17.9. The lowest BCUT2D eigenvalue weighted by molar-refractivity contribution is -0.138. The molecule has 2 rings (SSSR count). The number of halogens is 1. The van der Waals surface area contributed by atoms with Gasteiger partial charge in [0.1, 0.15) is 0 Å². The zero-order valence-corrected chi connectivity index (χ0v) is 17.3. The number of aryl methyl sites for hydroxylation is 2. The molecule has 6 nitrogen and oxygen atoms in total. The molecule has 0 saturated carbocycles. The number of anilines is 1. The summed E-state index contributed by atoms with van der Waals surface area (Å²) in [6.07, 6.45) is 3.73. The first-order valence-electron chi connectivity index (χ1n) is 9.43. The van der Waals surface area contributed by atoms with E-state index in [1.165, 1.54) is 0 Å². The van der Waals surface area contributed by atoms with Crippen LogP contribution in [0.1, 0.15) is 37.3 Å².